The van der Waals surface area contributed by atoms with E-state index in [0.29, 0.717) is 5.57 Å². The van der Waals surface area contributed by atoms with Crippen LogP contribution in [-0.4, -0.2) is 17.5 Å². The maximum atomic E-state index is 5.66. The molecular formula is C21H34O4. The molecule has 0 atom stereocenters. The molecule has 1 rings (SSSR count). The Morgan fingerprint density at radius 3 is 1.56 bits per heavy atom. The van der Waals surface area contributed by atoms with Crippen LogP contribution >= 0.6 is 0 Å². The van der Waals surface area contributed by atoms with E-state index in [2.05, 4.69) is 34.3 Å². The standard InChI is InChI=1S/C21H34O4/c1-15(2)20(6,7)24-22-19(23-25-21(8,9)16(3)4)17(5)18-13-11-10-12-14-18/h10-16,19H,5H2,1-4,6-9H3. The quantitative estimate of drug-likeness (QED) is 0.304. The van der Waals surface area contributed by atoms with E-state index < -0.39 is 17.5 Å². The number of benzene rings is 1. The van der Waals surface area contributed by atoms with E-state index in [0.717, 1.165) is 5.56 Å². The molecule has 0 N–H and O–H groups in total. The maximum Gasteiger partial charge on any atom is 0.249 e. The van der Waals surface area contributed by atoms with Gasteiger partial charge < -0.3 is 0 Å². The summed E-state index contributed by atoms with van der Waals surface area (Å²) in [5, 5.41) is 0. The molecule has 0 aliphatic carbocycles. The summed E-state index contributed by atoms with van der Waals surface area (Å²) in [4.78, 5) is 22.5. The molecule has 0 bridgehead atoms. The molecule has 0 aliphatic heterocycles. The first-order chi connectivity index (χ1) is 11.5. The summed E-state index contributed by atoms with van der Waals surface area (Å²) in [5.41, 5.74) is 0.613. The molecule has 1 aromatic rings. The highest BCUT2D eigenvalue weighted by Gasteiger charge is 2.31. The van der Waals surface area contributed by atoms with Gasteiger partial charge in [-0.2, -0.15) is 9.78 Å². The van der Waals surface area contributed by atoms with Crippen LogP contribution in [0, 0.1) is 11.8 Å². The fraction of sp³-hybridized carbons (Fsp3) is 0.619. The van der Waals surface area contributed by atoms with Crippen molar-refractivity contribution in [3.63, 3.8) is 0 Å². The Bertz CT molecular complexity index is 508. The van der Waals surface area contributed by atoms with Crippen molar-refractivity contribution in [2.24, 2.45) is 11.8 Å². The average molecular weight is 350 g/mol. The minimum Gasteiger partial charge on any atom is -0.227 e. The van der Waals surface area contributed by atoms with Crippen molar-refractivity contribution in [2.45, 2.75) is 72.9 Å². The molecule has 0 amide bonds. The Morgan fingerprint density at radius 2 is 1.20 bits per heavy atom. The highest BCUT2D eigenvalue weighted by molar-refractivity contribution is 5.65. The minimum atomic E-state index is -0.863. The lowest BCUT2D eigenvalue weighted by Crippen LogP contribution is -2.37. The van der Waals surface area contributed by atoms with Gasteiger partial charge in [0.05, 0.1) is 0 Å². The highest BCUT2D eigenvalue weighted by atomic mass is 17.3. The lowest BCUT2D eigenvalue weighted by Gasteiger charge is -2.32. The topological polar surface area (TPSA) is 36.9 Å². The molecule has 0 spiro atoms. The second kappa shape index (κ2) is 8.95. The van der Waals surface area contributed by atoms with Gasteiger partial charge >= 0.3 is 0 Å². The SMILES string of the molecule is C=C(c1ccccc1)C(OOC(C)(C)C(C)C)OOC(C)(C)C(C)C. The molecule has 0 fully saturated rings. The predicted octanol–water partition coefficient (Wildman–Crippen LogP) is 5.79. The third-order valence-electron chi connectivity index (χ3n) is 4.91. The molecule has 25 heavy (non-hydrogen) atoms. The fourth-order valence-electron chi connectivity index (χ4n) is 1.45. The molecule has 0 saturated heterocycles. The van der Waals surface area contributed by atoms with Crippen molar-refractivity contribution in [1.29, 1.82) is 0 Å². The molecule has 0 aliphatic rings. The van der Waals surface area contributed by atoms with E-state index in [4.69, 9.17) is 19.6 Å². The summed E-state index contributed by atoms with van der Waals surface area (Å²) < 4.78 is 0. The van der Waals surface area contributed by atoms with Crippen LogP contribution in [0.25, 0.3) is 5.57 Å². The highest BCUT2D eigenvalue weighted by Crippen LogP contribution is 2.28. The van der Waals surface area contributed by atoms with Crippen LogP contribution in [0.3, 0.4) is 0 Å². The largest absolute Gasteiger partial charge is 0.249 e. The molecule has 0 radical (unpaired) electrons. The summed E-state index contributed by atoms with van der Waals surface area (Å²) >= 11 is 0. The molecule has 142 valence electrons. The van der Waals surface area contributed by atoms with Gasteiger partial charge in [-0.3, -0.25) is 0 Å². The van der Waals surface area contributed by atoms with Gasteiger partial charge in [-0.05, 0) is 45.1 Å². The molecule has 4 nitrogen and oxygen atoms in total. The Kier molecular flexibility index (Phi) is 7.82. The summed E-state index contributed by atoms with van der Waals surface area (Å²) in [6, 6.07) is 9.72. The fourth-order valence-corrected chi connectivity index (χ4v) is 1.45. The summed E-state index contributed by atoms with van der Waals surface area (Å²) in [5.74, 6) is 0.539. The molecule has 4 heteroatoms. The van der Waals surface area contributed by atoms with Gasteiger partial charge in [0.1, 0.15) is 11.2 Å². The van der Waals surface area contributed by atoms with Crippen LogP contribution in [0.2, 0.25) is 0 Å². The zero-order chi connectivity index (χ0) is 19.3. The van der Waals surface area contributed by atoms with Gasteiger partial charge in [-0.1, -0.05) is 64.6 Å². The zero-order valence-corrected chi connectivity index (χ0v) is 17.0. The molecule has 0 aromatic heterocycles. The first-order valence-corrected chi connectivity index (χ1v) is 8.90. The van der Waals surface area contributed by atoms with Gasteiger partial charge in [-0.25, -0.2) is 9.78 Å². The number of rotatable bonds is 10. The van der Waals surface area contributed by atoms with Gasteiger partial charge in [0.2, 0.25) is 6.29 Å². The van der Waals surface area contributed by atoms with Crippen molar-refractivity contribution in [3.05, 3.63) is 42.5 Å². The molecule has 0 saturated carbocycles. The van der Waals surface area contributed by atoms with Crippen LogP contribution < -0.4 is 0 Å². The minimum absolute atomic E-state index is 0.270. The van der Waals surface area contributed by atoms with Crippen LogP contribution in [0.4, 0.5) is 0 Å². The van der Waals surface area contributed by atoms with Crippen LogP contribution in [0.5, 0.6) is 0 Å². The van der Waals surface area contributed by atoms with Gasteiger partial charge in [-0.15, -0.1) is 0 Å². The smallest absolute Gasteiger partial charge is 0.227 e. The van der Waals surface area contributed by atoms with E-state index in [1.807, 2.05) is 58.0 Å². The Labute approximate surface area is 153 Å². The van der Waals surface area contributed by atoms with Crippen molar-refractivity contribution < 1.29 is 19.6 Å². The lowest BCUT2D eigenvalue weighted by molar-refractivity contribution is -0.490. The monoisotopic (exact) mass is 350 g/mol. The number of hydrogen-bond acceptors (Lipinski definition) is 4. The normalized spacial score (nSPS) is 13.1. The lowest BCUT2D eigenvalue weighted by atomic mass is 9.95. The Morgan fingerprint density at radius 1 is 0.800 bits per heavy atom. The van der Waals surface area contributed by atoms with Crippen molar-refractivity contribution in [1.82, 2.24) is 0 Å². The van der Waals surface area contributed by atoms with E-state index in [-0.39, 0.29) is 11.8 Å². The van der Waals surface area contributed by atoms with Crippen LogP contribution in [0.15, 0.2) is 36.9 Å². The molecule has 0 heterocycles. The third-order valence-corrected chi connectivity index (χ3v) is 4.91. The van der Waals surface area contributed by atoms with Crippen molar-refractivity contribution >= 4 is 5.57 Å². The average Bonchev–Trinajstić information content (AvgIpc) is 2.54. The zero-order valence-electron chi connectivity index (χ0n) is 17.0. The summed E-state index contributed by atoms with van der Waals surface area (Å²) in [6.07, 6.45) is -0.863. The number of hydrogen-bond donors (Lipinski definition) is 0. The first-order valence-electron chi connectivity index (χ1n) is 8.90. The molecule has 0 unspecified atom stereocenters. The van der Waals surface area contributed by atoms with Gasteiger partial charge in [0, 0.05) is 5.57 Å². The van der Waals surface area contributed by atoms with E-state index in [1.54, 1.807) is 0 Å². The van der Waals surface area contributed by atoms with E-state index in [9.17, 15) is 0 Å². The van der Waals surface area contributed by atoms with Crippen molar-refractivity contribution in [3.8, 4) is 0 Å². The third kappa shape index (κ3) is 6.55. The predicted molar refractivity (Wildman–Crippen MR) is 101 cm³/mol. The van der Waals surface area contributed by atoms with Crippen LogP contribution in [0.1, 0.15) is 61.0 Å². The maximum absolute atomic E-state index is 5.66. The second-order valence-corrected chi connectivity index (χ2v) is 8.10. The van der Waals surface area contributed by atoms with Crippen molar-refractivity contribution in [2.75, 3.05) is 0 Å². The Hall–Kier alpha value is -1.20. The molecular weight excluding hydrogens is 316 g/mol. The second-order valence-electron chi connectivity index (χ2n) is 8.10. The summed E-state index contributed by atoms with van der Waals surface area (Å²) in [6.45, 7) is 20.3. The van der Waals surface area contributed by atoms with Crippen LogP contribution in [-0.2, 0) is 19.6 Å². The summed E-state index contributed by atoms with van der Waals surface area (Å²) in [7, 11) is 0. The van der Waals surface area contributed by atoms with E-state index >= 15 is 0 Å². The van der Waals surface area contributed by atoms with Gasteiger partial charge in [0.25, 0.3) is 0 Å². The first kappa shape index (κ1) is 21.8. The molecule has 1 aromatic carbocycles. The van der Waals surface area contributed by atoms with E-state index in [1.165, 1.54) is 0 Å². The van der Waals surface area contributed by atoms with Gasteiger partial charge in [0.15, 0.2) is 0 Å². The Balaban J connectivity index is 2.88.